The molecule has 0 saturated carbocycles. The summed E-state index contributed by atoms with van der Waals surface area (Å²) in [5.41, 5.74) is 0.981. The van der Waals surface area contributed by atoms with Crippen molar-refractivity contribution in [2.24, 2.45) is 0 Å². The van der Waals surface area contributed by atoms with Crippen molar-refractivity contribution in [2.45, 2.75) is 0 Å². The van der Waals surface area contributed by atoms with E-state index in [-0.39, 0.29) is 22.0 Å². The molecule has 0 radical (unpaired) electrons. The third-order valence-electron chi connectivity index (χ3n) is 3.76. The van der Waals surface area contributed by atoms with E-state index in [1.54, 1.807) is 66.7 Å². The number of thiocarbonyl (C=S) groups is 2. The van der Waals surface area contributed by atoms with Crippen molar-refractivity contribution >= 4 is 58.1 Å². The van der Waals surface area contributed by atoms with Crippen LogP contribution in [-0.4, -0.2) is 27.0 Å². The van der Waals surface area contributed by atoms with Gasteiger partial charge in [-0.15, -0.1) is 0 Å². The summed E-state index contributed by atoms with van der Waals surface area (Å²) >= 11 is 10.3. The van der Waals surface area contributed by atoms with Gasteiger partial charge in [0.05, 0.1) is 0 Å². The molecule has 0 spiro atoms. The van der Waals surface area contributed by atoms with Gasteiger partial charge >= 0.3 is 0 Å². The van der Waals surface area contributed by atoms with E-state index in [1.165, 1.54) is 0 Å². The monoisotopic (exact) mass is 435 g/mol. The van der Waals surface area contributed by atoms with Crippen LogP contribution in [0.15, 0.2) is 78.9 Å². The first-order valence-electron chi connectivity index (χ1n) is 8.83. The maximum absolute atomic E-state index is 12.1. The van der Waals surface area contributed by atoms with E-state index in [1.807, 2.05) is 12.1 Å². The molecule has 0 aliphatic heterocycles. The average Bonchev–Trinajstić information content (AvgIpc) is 2.75. The molecular formula is C21H17N5O2S2. The van der Waals surface area contributed by atoms with Gasteiger partial charge in [-0.25, -0.2) is 4.98 Å². The van der Waals surface area contributed by atoms with Crippen LogP contribution in [0.5, 0.6) is 0 Å². The summed E-state index contributed by atoms with van der Waals surface area (Å²) in [6, 6.07) is 22.5. The highest BCUT2D eigenvalue weighted by molar-refractivity contribution is 7.80. The predicted molar refractivity (Wildman–Crippen MR) is 124 cm³/mol. The zero-order valence-electron chi connectivity index (χ0n) is 15.6. The van der Waals surface area contributed by atoms with E-state index in [0.717, 1.165) is 0 Å². The first-order valence-corrected chi connectivity index (χ1v) is 9.65. The molecule has 1 aromatic heterocycles. The second-order valence-electron chi connectivity index (χ2n) is 5.96. The van der Waals surface area contributed by atoms with Gasteiger partial charge in [0.2, 0.25) is 0 Å². The van der Waals surface area contributed by atoms with E-state index in [0.29, 0.717) is 22.8 Å². The molecule has 2 amide bonds. The minimum absolute atomic E-state index is 0.105. The molecule has 0 bridgehead atoms. The SMILES string of the molecule is O=C(NC(=S)Nc1cccc(NC(=S)NC(=O)c2ccccc2)n1)c1ccccc1. The summed E-state index contributed by atoms with van der Waals surface area (Å²) in [4.78, 5) is 28.6. The fraction of sp³-hybridized carbons (Fsp3) is 0. The van der Waals surface area contributed by atoms with Crippen LogP contribution < -0.4 is 21.3 Å². The van der Waals surface area contributed by atoms with Crippen LogP contribution in [0.3, 0.4) is 0 Å². The first-order chi connectivity index (χ1) is 14.5. The predicted octanol–water partition coefficient (Wildman–Crippen LogP) is 3.34. The van der Waals surface area contributed by atoms with Crippen LogP contribution in [0.2, 0.25) is 0 Å². The lowest BCUT2D eigenvalue weighted by molar-refractivity contribution is 0.0969. The molecule has 0 saturated heterocycles. The molecule has 3 aromatic rings. The number of hydrogen-bond acceptors (Lipinski definition) is 5. The van der Waals surface area contributed by atoms with Gasteiger partial charge in [0.1, 0.15) is 11.6 Å². The highest BCUT2D eigenvalue weighted by Gasteiger charge is 2.10. The summed E-state index contributed by atoms with van der Waals surface area (Å²) < 4.78 is 0. The number of pyridine rings is 1. The number of amides is 2. The normalized spacial score (nSPS) is 9.87. The number of nitrogens with zero attached hydrogens (tertiary/aromatic N) is 1. The summed E-state index contributed by atoms with van der Waals surface area (Å²) in [5.74, 6) is 0.144. The second kappa shape index (κ2) is 10.2. The van der Waals surface area contributed by atoms with Gasteiger partial charge in [0, 0.05) is 11.1 Å². The average molecular weight is 436 g/mol. The van der Waals surface area contributed by atoms with Crippen molar-refractivity contribution in [3.05, 3.63) is 90.0 Å². The Labute approximate surface area is 183 Å². The topological polar surface area (TPSA) is 95.1 Å². The maximum Gasteiger partial charge on any atom is 0.257 e. The summed E-state index contributed by atoms with van der Waals surface area (Å²) in [6.07, 6.45) is 0. The molecule has 4 N–H and O–H groups in total. The van der Waals surface area contributed by atoms with Crippen LogP contribution in [0, 0.1) is 0 Å². The summed E-state index contributed by atoms with van der Waals surface area (Å²) in [5, 5.41) is 11.1. The molecule has 0 aliphatic carbocycles. The van der Waals surface area contributed by atoms with Crippen LogP contribution >= 0.6 is 24.4 Å². The van der Waals surface area contributed by atoms with Crippen molar-refractivity contribution in [1.82, 2.24) is 15.6 Å². The number of rotatable bonds is 4. The van der Waals surface area contributed by atoms with E-state index in [9.17, 15) is 9.59 Å². The van der Waals surface area contributed by atoms with Crippen molar-refractivity contribution < 1.29 is 9.59 Å². The number of aromatic nitrogens is 1. The molecule has 7 nitrogen and oxygen atoms in total. The zero-order chi connectivity index (χ0) is 21.3. The third-order valence-corrected chi connectivity index (χ3v) is 4.17. The van der Waals surface area contributed by atoms with Crippen molar-refractivity contribution in [3.63, 3.8) is 0 Å². The van der Waals surface area contributed by atoms with Gasteiger partial charge in [0.15, 0.2) is 10.2 Å². The Hall–Kier alpha value is -3.69. The highest BCUT2D eigenvalue weighted by Crippen LogP contribution is 2.09. The Morgan fingerprint density at radius 1 is 0.600 bits per heavy atom. The molecule has 150 valence electrons. The summed E-state index contributed by atoms with van der Waals surface area (Å²) in [6.45, 7) is 0. The number of anilines is 2. The van der Waals surface area contributed by atoms with Crippen LogP contribution in [0.4, 0.5) is 11.6 Å². The fourth-order valence-electron chi connectivity index (χ4n) is 2.40. The van der Waals surface area contributed by atoms with Crippen LogP contribution in [-0.2, 0) is 0 Å². The Balaban J connectivity index is 1.55. The molecule has 0 fully saturated rings. The van der Waals surface area contributed by atoms with Gasteiger partial charge in [-0.1, -0.05) is 42.5 Å². The molecule has 9 heteroatoms. The largest absolute Gasteiger partial charge is 0.317 e. The Morgan fingerprint density at radius 3 is 1.40 bits per heavy atom. The Kier molecular flexibility index (Phi) is 7.14. The molecule has 3 rings (SSSR count). The first kappa shape index (κ1) is 21.0. The summed E-state index contributed by atoms with van der Waals surface area (Å²) in [7, 11) is 0. The number of hydrogen-bond donors (Lipinski definition) is 4. The number of carbonyl (C=O) groups excluding carboxylic acids is 2. The molecular weight excluding hydrogens is 418 g/mol. The number of benzene rings is 2. The molecule has 1 heterocycles. The number of carbonyl (C=O) groups is 2. The van der Waals surface area contributed by atoms with Gasteiger partial charge in [0.25, 0.3) is 11.8 Å². The lowest BCUT2D eigenvalue weighted by Gasteiger charge is -2.12. The Morgan fingerprint density at radius 2 is 1.00 bits per heavy atom. The van der Waals surface area contributed by atoms with Crippen molar-refractivity contribution in [2.75, 3.05) is 10.6 Å². The van der Waals surface area contributed by atoms with Gasteiger partial charge in [-0.3, -0.25) is 20.2 Å². The minimum atomic E-state index is -0.327. The van der Waals surface area contributed by atoms with E-state index >= 15 is 0 Å². The lowest BCUT2D eigenvalue weighted by atomic mass is 10.2. The molecule has 30 heavy (non-hydrogen) atoms. The standard InChI is InChI=1S/C21H17N5O2S2/c27-18(14-8-3-1-4-9-14)25-20(29)23-16-12-7-13-17(22-16)24-21(30)26-19(28)15-10-5-2-6-11-15/h1-13H,(H4,22,23,24,25,26,27,28,29,30). The Bertz CT molecular complexity index is 992. The lowest BCUT2D eigenvalue weighted by Crippen LogP contribution is -2.35. The van der Waals surface area contributed by atoms with Gasteiger partial charge in [-0.05, 0) is 60.8 Å². The second-order valence-corrected chi connectivity index (χ2v) is 6.77. The van der Waals surface area contributed by atoms with Crippen LogP contribution in [0.25, 0.3) is 0 Å². The van der Waals surface area contributed by atoms with Gasteiger partial charge in [-0.2, -0.15) is 0 Å². The fourth-order valence-corrected chi connectivity index (χ4v) is 2.79. The highest BCUT2D eigenvalue weighted by atomic mass is 32.1. The van der Waals surface area contributed by atoms with E-state index < -0.39 is 0 Å². The molecule has 0 aliphatic rings. The molecule has 0 atom stereocenters. The van der Waals surface area contributed by atoms with Crippen molar-refractivity contribution in [3.8, 4) is 0 Å². The zero-order valence-corrected chi connectivity index (χ0v) is 17.2. The smallest absolute Gasteiger partial charge is 0.257 e. The molecule has 0 unspecified atom stereocenters. The number of nitrogens with one attached hydrogen (secondary N) is 4. The van der Waals surface area contributed by atoms with Crippen molar-refractivity contribution in [1.29, 1.82) is 0 Å². The van der Waals surface area contributed by atoms with E-state index in [4.69, 9.17) is 24.4 Å². The van der Waals surface area contributed by atoms with Crippen LogP contribution in [0.1, 0.15) is 20.7 Å². The van der Waals surface area contributed by atoms with Gasteiger partial charge < -0.3 is 10.6 Å². The quantitative estimate of drug-likeness (QED) is 0.467. The minimum Gasteiger partial charge on any atom is -0.317 e. The van der Waals surface area contributed by atoms with E-state index in [2.05, 4.69) is 26.3 Å². The third kappa shape index (κ3) is 6.16. The maximum atomic E-state index is 12.1. The molecule has 2 aromatic carbocycles.